The highest BCUT2D eigenvalue weighted by Gasteiger charge is 2.19. The minimum atomic E-state index is -0.757. The van der Waals surface area contributed by atoms with Crippen molar-refractivity contribution in [2.24, 2.45) is 5.92 Å². The highest BCUT2D eigenvalue weighted by Crippen LogP contribution is 2.16. The smallest absolute Gasteiger partial charge is 0.306 e. The summed E-state index contributed by atoms with van der Waals surface area (Å²) in [7, 11) is 0. The van der Waals surface area contributed by atoms with Crippen LogP contribution in [-0.4, -0.2) is 37.2 Å². The molecule has 6 heteroatoms. The fourth-order valence-corrected chi connectivity index (χ4v) is 6.45. The minimum absolute atomic E-state index is 0.0655. The van der Waals surface area contributed by atoms with Crippen LogP contribution in [0.2, 0.25) is 0 Å². The Morgan fingerprint density at radius 3 is 0.980 bits per heavy atom. The monoisotopic (exact) mass is 709 g/mol. The highest BCUT2D eigenvalue weighted by molar-refractivity contribution is 5.71. The summed E-state index contributed by atoms with van der Waals surface area (Å²) in [4.78, 5) is 37.4. The first-order valence-electron chi connectivity index (χ1n) is 21.9. The van der Waals surface area contributed by atoms with Gasteiger partial charge in [0.25, 0.3) is 0 Å². The molecule has 6 nitrogen and oxygen atoms in total. The molecule has 0 aromatic rings. The Morgan fingerprint density at radius 1 is 0.380 bits per heavy atom. The molecule has 0 unspecified atom stereocenters. The molecule has 0 N–H and O–H groups in total. The van der Waals surface area contributed by atoms with Crippen LogP contribution >= 0.6 is 0 Å². The molecule has 0 aliphatic rings. The van der Waals surface area contributed by atoms with Gasteiger partial charge in [0.1, 0.15) is 13.2 Å². The van der Waals surface area contributed by atoms with Crippen LogP contribution in [0.15, 0.2) is 0 Å². The molecule has 0 aromatic carbocycles. The Kier molecular flexibility index (Phi) is 37.4. The maximum atomic E-state index is 12.6. The van der Waals surface area contributed by atoms with Gasteiger partial charge in [-0.3, -0.25) is 14.4 Å². The van der Waals surface area contributed by atoms with Gasteiger partial charge in [-0.1, -0.05) is 201 Å². The van der Waals surface area contributed by atoms with E-state index in [0.29, 0.717) is 19.3 Å². The summed E-state index contributed by atoms with van der Waals surface area (Å²) in [6, 6.07) is 0. The zero-order chi connectivity index (χ0) is 36.8. The molecule has 0 fully saturated rings. The van der Waals surface area contributed by atoms with Crippen molar-refractivity contribution in [1.29, 1.82) is 0 Å². The van der Waals surface area contributed by atoms with E-state index in [9.17, 15) is 14.4 Å². The summed E-state index contributed by atoms with van der Waals surface area (Å²) in [5, 5.41) is 0. The van der Waals surface area contributed by atoms with Gasteiger partial charge in [-0.2, -0.15) is 0 Å². The van der Waals surface area contributed by atoms with Crippen LogP contribution in [0.25, 0.3) is 0 Å². The van der Waals surface area contributed by atoms with Gasteiger partial charge in [-0.25, -0.2) is 0 Å². The van der Waals surface area contributed by atoms with Crippen LogP contribution in [0.3, 0.4) is 0 Å². The van der Waals surface area contributed by atoms with E-state index in [1.807, 2.05) is 0 Å². The molecule has 296 valence electrons. The SMILES string of the molecule is CCCCCCCCCCCCCCCCCC(=O)O[C@H](COC(=O)CCCCCCC)COC(=O)CCCCCCCCCCCC(C)C. The number of carbonyl (C=O) groups is 3. The number of hydrogen-bond donors (Lipinski definition) is 0. The third kappa shape index (κ3) is 37.7. The second kappa shape index (κ2) is 38.6. The maximum absolute atomic E-state index is 12.6. The summed E-state index contributed by atoms with van der Waals surface area (Å²) < 4.78 is 16.6. The van der Waals surface area contributed by atoms with E-state index >= 15 is 0 Å². The average molecular weight is 709 g/mol. The van der Waals surface area contributed by atoms with Crippen molar-refractivity contribution in [3.05, 3.63) is 0 Å². The van der Waals surface area contributed by atoms with E-state index in [4.69, 9.17) is 14.2 Å². The number of ether oxygens (including phenoxy) is 3. The van der Waals surface area contributed by atoms with Gasteiger partial charge >= 0.3 is 17.9 Å². The van der Waals surface area contributed by atoms with Crippen LogP contribution in [0, 0.1) is 5.92 Å². The van der Waals surface area contributed by atoms with E-state index in [-0.39, 0.29) is 31.1 Å². The van der Waals surface area contributed by atoms with Gasteiger partial charge in [0, 0.05) is 19.3 Å². The Balaban J connectivity index is 4.20. The first-order valence-corrected chi connectivity index (χ1v) is 21.9. The molecule has 0 rings (SSSR count). The standard InChI is InChI=1S/C44H84O6/c1-5-7-9-11-12-13-14-15-16-17-18-21-25-29-33-37-44(47)50-41(38-48-42(45)35-31-26-10-8-6-2)39-49-43(46)36-32-28-24-22-19-20-23-27-30-34-40(3)4/h40-41H,5-39H2,1-4H3/t41-/m1/s1. The van der Waals surface area contributed by atoms with Crippen molar-refractivity contribution in [2.75, 3.05) is 13.2 Å². The van der Waals surface area contributed by atoms with E-state index < -0.39 is 6.10 Å². The molecule has 0 bridgehead atoms. The summed E-state index contributed by atoms with van der Waals surface area (Å²) in [6.45, 7) is 8.89. The molecule has 0 aromatic heterocycles. The first-order chi connectivity index (χ1) is 24.4. The van der Waals surface area contributed by atoms with Crippen molar-refractivity contribution in [3.8, 4) is 0 Å². The number of hydrogen-bond acceptors (Lipinski definition) is 6. The molecule has 1 atom stereocenters. The molecule has 0 saturated carbocycles. The Hall–Kier alpha value is -1.59. The second-order valence-corrected chi connectivity index (χ2v) is 15.5. The van der Waals surface area contributed by atoms with Crippen LogP contribution in [0.4, 0.5) is 0 Å². The minimum Gasteiger partial charge on any atom is -0.462 e. The lowest BCUT2D eigenvalue weighted by Gasteiger charge is -2.18. The molecule has 0 aliphatic carbocycles. The van der Waals surface area contributed by atoms with Gasteiger partial charge in [-0.05, 0) is 25.2 Å². The summed E-state index contributed by atoms with van der Waals surface area (Å²) in [6.07, 6.45) is 36.9. The average Bonchev–Trinajstić information content (AvgIpc) is 3.09. The largest absolute Gasteiger partial charge is 0.462 e. The maximum Gasteiger partial charge on any atom is 0.306 e. The summed E-state index contributed by atoms with van der Waals surface area (Å²) >= 11 is 0. The van der Waals surface area contributed by atoms with Gasteiger partial charge in [0.15, 0.2) is 6.10 Å². The van der Waals surface area contributed by atoms with E-state index in [1.54, 1.807) is 0 Å². The molecule has 0 amide bonds. The Morgan fingerprint density at radius 2 is 0.660 bits per heavy atom. The second-order valence-electron chi connectivity index (χ2n) is 15.5. The summed E-state index contributed by atoms with van der Waals surface area (Å²) in [5.74, 6) is -0.0624. The topological polar surface area (TPSA) is 78.9 Å². The molecule has 0 heterocycles. The lowest BCUT2D eigenvalue weighted by molar-refractivity contribution is -0.167. The summed E-state index contributed by atoms with van der Waals surface area (Å²) in [5.41, 5.74) is 0. The zero-order valence-electron chi connectivity index (χ0n) is 33.9. The molecule has 50 heavy (non-hydrogen) atoms. The quantitative estimate of drug-likeness (QED) is 0.0359. The van der Waals surface area contributed by atoms with Crippen LogP contribution in [-0.2, 0) is 28.6 Å². The molecule has 0 spiro atoms. The van der Waals surface area contributed by atoms with Crippen molar-refractivity contribution in [2.45, 2.75) is 246 Å². The molecule has 0 aliphatic heterocycles. The fourth-order valence-electron chi connectivity index (χ4n) is 6.45. The Labute approximate surface area is 310 Å². The number of esters is 3. The number of rotatable bonds is 39. The lowest BCUT2D eigenvalue weighted by atomic mass is 10.0. The molecular formula is C44H84O6. The van der Waals surface area contributed by atoms with Crippen molar-refractivity contribution in [1.82, 2.24) is 0 Å². The lowest BCUT2D eigenvalue weighted by Crippen LogP contribution is -2.30. The van der Waals surface area contributed by atoms with Gasteiger partial charge < -0.3 is 14.2 Å². The van der Waals surface area contributed by atoms with Gasteiger partial charge in [-0.15, -0.1) is 0 Å². The van der Waals surface area contributed by atoms with Gasteiger partial charge in [0.2, 0.25) is 0 Å². The molecule has 0 saturated heterocycles. The zero-order valence-corrected chi connectivity index (χ0v) is 33.9. The van der Waals surface area contributed by atoms with Gasteiger partial charge in [0.05, 0.1) is 0 Å². The first kappa shape index (κ1) is 48.4. The van der Waals surface area contributed by atoms with Crippen molar-refractivity contribution in [3.63, 3.8) is 0 Å². The van der Waals surface area contributed by atoms with E-state index in [0.717, 1.165) is 70.1 Å². The number of carbonyl (C=O) groups excluding carboxylic acids is 3. The number of unbranched alkanes of at least 4 members (excludes halogenated alkanes) is 26. The normalized spacial score (nSPS) is 11.9. The Bertz CT molecular complexity index is 751. The third-order valence-corrected chi connectivity index (χ3v) is 9.79. The molecular weight excluding hydrogens is 624 g/mol. The van der Waals surface area contributed by atoms with E-state index in [1.165, 1.54) is 128 Å². The van der Waals surface area contributed by atoms with Crippen LogP contribution in [0.1, 0.15) is 240 Å². The highest BCUT2D eigenvalue weighted by atomic mass is 16.6. The predicted molar refractivity (Wildman–Crippen MR) is 210 cm³/mol. The third-order valence-electron chi connectivity index (χ3n) is 9.79. The fraction of sp³-hybridized carbons (Fsp3) is 0.932. The van der Waals surface area contributed by atoms with Crippen molar-refractivity contribution < 1.29 is 28.6 Å². The van der Waals surface area contributed by atoms with Crippen LogP contribution < -0.4 is 0 Å². The molecule has 0 radical (unpaired) electrons. The van der Waals surface area contributed by atoms with Crippen LogP contribution in [0.5, 0.6) is 0 Å². The van der Waals surface area contributed by atoms with Crippen molar-refractivity contribution >= 4 is 17.9 Å². The predicted octanol–water partition coefficient (Wildman–Crippen LogP) is 13.6. The van der Waals surface area contributed by atoms with E-state index in [2.05, 4.69) is 27.7 Å².